The number of alkyl halides is 3. The minimum absolute atomic E-state index is 0.0426. The molecule has 0 saturated heterocycles. The van der Waals surface area contributed by atoms with Crippen LogP contribution in [0.25, 0.3) is 0 Å². The number of methoxy groups -OCH3 is 1. The number of ether oxygens (including phenoxy) is 1. The van der Waals surface area contributed by atoms with E-state index >= 15 is 0 Å². The fourth-order valence-electron chi connectivity index (χ4n) is 2.08. The highest BCUT2D eigenvalue weighted by Gasteiger charge is 2.30. The van der Waals surface area contributed by atoms with Crippen molar-refractivity contribution in [3.63, 3.8) is 0 Å². The SMILES string of the molecule is COc1ccc(CNC(=O)CNC(=O)c2ccc(C(F)(F)F)cc2)cc1. The molecule has 138 valence electrons. The van der Waals surface area contributed by atoms with Crippen LogP contribution < -0.4 is 15.4 Å². The zero-order valence-electron chi connectivity index (χ0n) is 13.9. The molecule has 2 aromatic rings. The molecule has 0 aromatic heterocycles. The predicted molar refractivity (Wildman–Crippen MR) is 88.6 cm³/mol. The maximum absolute atomic E-state index is 12.5. The molecule has 0 unspecified atom stereocenters. The first kappa shape index (κ1) is 19.3. The molecule has 8 heteroatoms. The van der Waals surface area contributed by atoms with E-state index in [0.29, 0.717) is 5.75 Å². The minimum Gasteiger partial charge on any atom is -0.497 e. The third-order valence-corrected chi connectivity index (χ3v) is 3.53. The fraction of sp³-hybridized carbons (Fsp3) is 0.222. The van der Waals surface area contributed by atoms with E-state index in [-0.39, 0.29) is 18.7 Å². The summed E-state index contributed by atoms with van der Waals surface area (Å²) < 4.78 is 42.5. The van der Waals surface area contributed by atoms with E-state index in [1.165, 1.54) is 0 Å². The second-order valence-electron chi connectivity index (χ2n) is 5.38. The van der Waals surface area contributed by atoms with Crippen LogP contribution in [0.1, 0.15) is 21.5 Å². The maximum atomic E-state index is 12.5. The monoisotopic (exact) mass is 366 g/mol. The molecular weight excluding hydrogens is 349 g/mol. The van der Waals surface area contributed by atoms with Gasteiger partial charge in [-0.25, -0.2) is 0 Å². The summed E-state index contributed by atoms with van der Waals surface area (Å²) in [7, 11) is 1.55. The van der Waals surface area contributed by atoms with Crippen LogP contribution in [0.3, 0.4) is 0 Å². The van der Waals surface area contributed by atoms with Gasteiger partial charge in [-0.2, -0.15) is 13.2 Å². The van der Waals surface area contributed by atoms with Crippen molar-refractivity contribution in [2.75, 3.05) is 13.7 Å². The van der Waals surface area contributed by atoms with Gasteiger partial charge in [0.1, 0.15) is 5.75 Å². The van der Waals surface area contributed by atoms with Crippen LogP contribution in [0.5, 0.6) is 5.75 Å². The molecule has 0 heterocycles. The molecule has 26 heavy (non-hydrogen) atoms. The molecule has 2 N–H and O–H groups in total. The van der Waals surface area contributed by atoms with Gasteiger partial charge in [0, 0.05) is 12.1 Å². The van der Waals surface area contributed by atoms with Crippen molar-refractivity contribution in [3.05, 3.63) is 65.2 Å². The Hall–Kier alpha value is -3.03. The Morgan fingerprint density at radius 1 is 0.962 bits per heavy atom. The van der Waals surface area contributed by atoms with Crippen LogP contribution in [0, 0.1) is 0 Å². The quantitative estimate of drug-likeness (QED) is 0.826. The van der Waals surface area contributed by atoms with Crippen molar-refractivity contribution >= 4 is 11.8 Å². The van der Waals surface area contributed by atoms with Gasteiger partial charge in [-0.05, 0) is 42.0 Å². The lowest BCUT2D eigenvalue weighted by Crippen LogP contribution is -2.36. The number of nitrogens with one attached hydrogen (secondary N) is 2. The Morgan fingerprint density at radius 3 is 2.12 bits per heavy atom. The molecule has 2 rings (SSSR count). The van der Waals surface area contributed by atoms with E-state index in [9.17, 15) is 22.8 Å². The lowest BCUT2D eigenvalue weighted by molar-refractivity contribution is -0.137. The van der Waals surface area contributed by atoms with Crippen LogP contribution in [-0.2, 0) is 17.5 Å². The largest absolute Gasteiger partial charge is 0.497 e. The van der Waals surface area contributed by atoms with Crippen molar-refractivity contribution in [2.45, 2.75) is 12.7 Å². The van der Waals surface area contributed by atoms with Crippen LogP contribution in [0.4, 0.5) is 13.2 Å². The van der Waals surface area contributed by atoms with Crippen molar-refractivity contribution in [3.8, 4) is 5.75 Å². The van der Waals surface area contributed by atoms with E-state index in [2.05, 4.69) is 10.6 Å². The van der Waals surface area contributed by atoms with E-state index in [0.717, 1.165) is 29.8 Å². The van der Waals surface area contributed by atoms with E-state index in [4.69, 9.17) is 4.74 Å². The minimum atomic E-state index is -4.46. The summed E-state index contributed by atoms with van der Waals surface area (Å²) in [6, 6.07) is 10.9. The fourth-order valence-corrected chi connectivity index (χ4v) is 2.08. The molecule has 0 bridgehead atoms. The number of carbonyl (C=O) groups is 2. The van der Waals surface area contributed by atoms with E-state index < -0.39 is 23.6 Å². The second kappa shape index (κ2) is 8.37. The molecule has 2 aromatic carbocycles. The summed E-state index contributed by atoms with van der Waals surface area (Å²) in [5, 5.41) is 4.99. The maximum Gasteiger partial charge on any atom is 0.416 e. The van der Waals surface area contributed by atoms with Crippen LogP contribution in [-0.4, -0.2) is 25.5 Å². The number of rotatable bonds is 6. The van der Waals surface area contributed by atoms with Crippen molar-refractivity contribution in [2.24, 2.45) is 0 Å². The first-order valence-electron chi connectivity index (χ1n) is 7.64. The van der Waals surface area contributed by atoms with Gasteiger partial charge < -0.3 is 15.4 Å². The topological polar surface area (TPSA) is 67.4 Å². The molecule has 2 amide bonds. The highest BCUT2D eigenvalue weighted by atomic mass is 19.4. The zero-order valence-corrected chi connectivity index (χ0v) is 13.9. The van der Waals surface area contributed by atoms with Gasteiger partial charge >= 0.3 is 6.18 Å². The normalized spacial score (nSPS) is 10.9. The third kappa shape index (κ3) is 5.51. The molecule has 5 nitrogen and oxygen atoms in total. The van der Waals surface area contributed by atoms with Gasteiger partial charge in [0.15, 0.2) is 0 Å². The Kier molecular flexibility index (Phi) is 6.21. The van der Waals surface area contributed by atoms with Gasteiger partial charge in [0.25, 0.3) is 5.91 Å². The summed E-state index contributed by atoms with van der Waals surface area (Å²) in [6.45, 7) is -0.00497. The molecular formula is C18H17F3N2O3. The Labute approximate surface area is 148 Å². The second-order valence-corrected chi connectivity index (χ2v) is 5.38. The average Bonchev–Trinajstić information content (AvgIpc) is 2.64. The van der Waals surface area contributed by atoms with Gasteiger partial charge in [0.2, 0.25) is 5.91 Å². The molecule has 0 radical (unpaired) electrons. The molecule has 0 fully saturated rings. The number of hydrogen-bond acceptors (Lipinski definition) is 3. The number of carbonyl (C=O) groups excluding carboxylic acids is 2. The summed E-state index contributed by atoms with van der Waals surface area (Å²) in [6.07, 6.45) is -4.46. The smallest absolute Gasteiger partial charge is 0.416 e. The van der Waals surface area contributed by atoms with Gasteiger partial charge in [-0.15, -0.1) is 0 Å². The Morgan fingerprint density at radius 2 is 1.58 bits per heavy atom. The Bertz CT molecular complexity index is 757. The van der Waals surface area contributed by atoms with Crippen molar-refractivity contribution in [1.29, 1.82) is 0 Å². The van der Waals surface area contributed by atoms with E-state index in [1.54, 1.807) is 31.4 Å². The number of benzene rings is 2. The lowest BCUT2D eigenvalue weighted by atomic mass is 10.1. The summed E-state index contributed by atoms with van der Waals surface area (Å²) >= 11 is 0. The Balaban J connectivity index is 1.79. The third-order valence-electron chi connectivity index (χ3n) is 3.53. The number of hydrogen-bond donors (Lipinski definition) is 2. The first-order chi connectivity index (χ1) is 12.3. The molecule has 0 saturated carbocycles. The van der Waals surface area contributed by atoms with Gasteiger partial charge in [0.05, 0.1) is 19.2 Å². The number of halogens is 3. The van der Waals surface area contributed by atoms with Crippen molar-refractivity contribution < 1.29 is 27.5 Å². The molecule has 0 aliphatic rings. The van der Waals surface area contributed by atoms with Crippen LogP contribution >= 0.6 is 0 Å². The molecule has 0 spiro atoms. The average molecular weight is 366 g/mol. The van der Waals surface area contributed by atoms with E-state index in [1.807, 2.05) is 0 Å². The summed E-state index contributed by atoms with van der Waals surface area (Å²) in [4.78, 5) is 23.6. The highest BCUT2D eigenvalue weighted by molar-refractivity contribution is 5.96. The highest BCUT2D eigenvalue weighted by Crippen LogP contribution is 2.29. The number of amides is 2. The molecule has 0 aliphatic heterocycles. The van der Waals surface area contributed by atoms with Crippen molar-refractivity contribution in [1.82, 2.24) is 10.6 Å². The lowest BCUT2D eigenvalue weighted by Gasteiger charge is -2.09. The summed E-state index contributed by atoms with van der Waals surface area (Å²) in [5.74, 6) is -0.344. The van der Waals surface area contributed by atoms with Gasteiger partial charge in [-0.3, -0.25) is 9.59 Å². The van der Waals surface area contributed by atoms with Crippen LogP contribution in [0.15, 0.2) is 48.5 Å². The standard InChI is InChI=1S/C18H17F3N2O3/c1-26-15-8-2-12(3-9-15)10-22-16(24)11-23-17(25)13-4-6-14(7-5-13)18(19,20)21/h2-9H,10-11H2,1H3,(H,22,24)(H,23,25). The zero-order chi connectivity index (χ0) is 19.2. The molecule has 0 aliphatic carbocycles. The predicted octanol–water partition coefficient (Wildman–Crippen LogP) is 2.76. The molecule has 0 atom stereocenters. The first-order valence-corrected chi connectivity index (χ1v) is 7.64. The van der Waals surface area contributed by atoms with Crippen LogP contribution in [0.2, 0.25) is 0 Å². The van der Waals surface area contributed by atoms with Gasteiger partial charge in [-0.1, -0.05) is 12.1 Å². The summed E-state index contributed by atoms with van der Waals surface area (Å²) in [5.41, 5.74) is 0.0560.